The van der Waals surface area contributed by atoms with Crippen molar-refractivity contribution in [1.82, 2.24) is 9.55 Å². The Kier molecular flexibility index (Phi) is 5.54. The van der Waals surface area contributed by atoms with Gasteiger partial charge < -0.3 is 4.57 Å². The maximum atomic E-state index is 5.00. The number of hydrogen-bond donors (Lipinski definition) is 0. The molecule has 0 bridgehead atoms. The summed E-state index contributed by atoms with van der Waals surface area (Å²) in [4.78, 5) is 7.30. The Morgan fingerprint density at radius 2 is 1.24 bits per heavy atom. The van der Waals surface area contributed by atoms with E-state index in [1.165, 1.54) is 55.1 Å². The average Bonchev–Trinajstić information content (AvgIpc) is 3.43. The van der Waals surface area contributed by atoms with E-state index in [0.717, 1.165) is 22.6 Å². The normalized spacial score (nSPS) is 13.3. The number of para-hydroxylation sites is 2. The first-order valence-electron chi connectivity index (χ1n) is 15.6. The molecule has 0 aliphatic carbocycles. The summed E-state index contributed by atoms with van der Waals surface area (Å²) in [7, 11) is 0. The minimum Gasteiger partial charge on any atom is -0.309 e. The van der Waals surface area contributed by atoms with Crippen LogP contribution in [0.25, 0.3) is 49.4 Å². The molecule has 6 aromatic carbocycles. The van der Waals surface area contributed by atoms with E-state index < -0.39 is 0 Å². The van der Waals surface area contributed by atoms with E-state index in [2.05, 4.69) is 169 Å². The summed E-state index contributed by atoms with van der Waals surface area (Å²) >= 11 is 0. The zero-order valence-corrected chi connectivity index (χ0v) is 25.3. The Labute approximate surface area is 262 Å². The molecule has 0 unspecified atom stereocenters. The van der Waals surface area contributed by atoms with Crippen LogP contribution in [-0.2, 0) is 5.41 Å². The Bertz CT molecular complexity index is 2390. The maximum Gasteiger partial charge on any atom is 0.145 e. The van der Waals surface area contributed by atoms with E-state index in [1.807, 2.05) is 6.20 Å². The van der Waals surface area contributed by atoms with Crippen molar-refractivity contribution in [2.24, 2.45) is 0 Å². The molecule has 45 heavy (non-hydrogen) atoms. The smallest absolute Gasteiger partial charge is 0.145 e. The molecule has 0 spiro atoms. The van der Waals surface area contributed by atoms with Crippen LogP contribution >= 0.6 is 0 Å². The first kappa shape index (κ1) is 25.8. The molecule has 214 valence electrons. The highest BCUT2D eigenvalue weighted by atomic mass is 15.2. The fourth-order valence-electron chi connectivity index (χ4n) is 7.40. The molecule has 0 amide bonds. The molecule has 0 radical (unpaired) electrons. The van der Waals surface area contributed by atoms with Gasteiger partial charge in [-0.25, -0.2) is 4.98 Å². The van der Waals surface area contributed by atoms with Crippen LogP contribution < -0.4 is 4.90 Å². The zero-order chi connectivity index (χ0) is 30.1. The lowest BCUT2D eigenvalue weighted by molar-refractivity contribution is 0.630. The highest BCUT2D eigenvalue weighted by Crippen LogP contribution is 2.48. The van der Waals surface area contributed by atoms with Crippen LogP contribution in [0.4, 0.5) is 17.2 Å². The van der Waals surface area contributed by atoms with E-state index in [4.69, 9.17) is 4.98 Å². The first-order chi connectivity index (χ1) is 22.1. The summed E-state index contributed by atoms with van der Waals surface area (Å²) in [6.07, 6.45) is 1.92. The van der Waals surface area contributed by atoms with Gasteiger partial charge in [0.2, 0.25) is 0 Å². The molecular weight excluding hydrogens is 546 g/mol. The Balaban J connectivity index is 1.30. The van der Waals surface area contributed by atoms with Gasteiger partial charge in [0.15, 0.2) is 0 Å². The van der Waals surface area contributed by atoms with Gasteiger partial charge in [0, 0.05) is 39.1 Å². The van der Waals surface area contributed by atoms with Crippen LogP contribution in [0.5, 0.6) is 0 Å². The fraction of sp³-hybridized carbons (Fsp3) is 0.0714. The van der Waals surface area contributed by atoms with Crippen molar-refractivity contribution in [3.8, 4) is 16.8 Å². The van der Waals surface area contributed by atoms with Crippen molar-refractivity contribution in [3.05, 3.63) is 163 Å². The lowest BCUT2D eigenvalue weighted by Gasteiger charge is -2.34. The van der Waals surface area contributed by atoms with E-state index in [-0.39, 0.29) is 5.41 Å². The fourth-order valence-corrected chi connectivity index (χ4v) is 7.40. The van der Waals surface area contributed by atoms with E-state index in [9.17, 15) is 0 Å². The topological polar surface area (TPSA) is 21.1 Å². The molecule has 0 atom stereocenters. The predicted octanol–water partition coefficient (Wildman–Crippen LogP) is 11.1. The van der Waals surface area contributed by atoms with E-state index in [0.29, 0.717) is 0 Å². The number of pyridine rings is 1. The van der Waals surface area contributed by atoms with Crippen molar-refractivity contribution in [1.29, 1.82) is 0 Å². The first-order valence-corrected chi connectivity index (χ1v) is 15.6. The SMILES string of the molecule is CC1(C)c2ccccc2-n2c3ccc(N(c4ccc(-c5ccccc5)cc4)c4nccc5ccccc45)cc3c3cccc1c32. The third-order valence-electron chi connectivity index (χ3n) is 9.62. The molecular formula is C42H31N3. The second kappa shape index (κ2) is 9.67. The maximum absolute atomic E-state index is 5.00. The predicted molar refractivity (Wildman–Crippen MR) is 188 cm³/mol. The monoisotopic (exact) mass is 577 g/mol. The molecule has 0 fully saturated rings. The minimum absolute atomic E-state index is 0.0945. The molecule has 3 heterocycles. The lowest BCUT2D eigenvalue weighted by atomic mass is 9.75. The van der Waals surface area contributed by atoms with Crippen LogP contribution in [0.15, 0.2) is 152 Å². The number of aromatic nitrogens is 2. The van der Waals surface area contributed by atoms with Crippen molar-refractivity contribution in [2.45, 2.75) is 19.3 Å². The van der Waals surface area contributed by atoms with Crippen molar-refractivity contribution in [3.63, 3.8) is 0 Å². The quantitative estimate of drug-likeness (QED) is 0.207. The van der Waals surface area contributed by atoms with Gasteiger partial charge in [-0.3, -0.25) is 4.90 Å². The highest BCUT2D eigenvalue weighted by Gasteiger charge is 2.34. The van der Waals surface area contributed by atoms with Gasteiger partial charge in [0.05, 0.1) is 16.7 Å². The Hall–Kier alpha value is -5.67. The van der Waals surface area contributed by atoms with Crippen LogP contribution in [-0.4, -0.2) is 9.55 Å². The number of nitrogens with zero attached hydrogens (tertiary/aromatic N) is 3. The number of anilines is 3. The third kappa shape index (κ3) is 3.80. The molecule has 0 saturated carbocycles. The van der Waals surface area contributed by atoms with E-state index in [1.54, 1.807) is 0 Å². The summed E-state index contributed by atoms with van der Waals surface area (Å²) in [5.74, 6) is 0.917. The van der Waals surface area contributed by atoms with Gasteiger partial charge in [-0.1, -0.05) is 117 Å². The van der Waals surface area contributed by atoms with Gasteiger partial charge in [0.1, 0.15) is 5.82 Å². The molecule has 0 saturated heterocycles. The second-order valence-corrected chi connectivity index (χ2v) is 12.5. The van der Waals surface area contributed by atoms with Crippen molar-refractivity contribution < 1.29 is 0 Å². The Morgan fingerprint density at radius 3 is 2.11 bits per heavy atom. The standard InChI is InChI=1S/C42H31N3/c1-42(2)36-16-8-9-18-39(36)45-38-24-23-32(27-35(38)34-15-10-17-37(42)40(34)45)44(41-33-14-7-6-13-30(33)25-26-43-41)31-21-19-29(20-22-31)28-11-4-3-5-12-28/h3-27H,1-2H3. The second-order valence-electron chi connectivity index (χ2n) is 12.5. The molecule has 3 nitrogen and oxygen atoms in total. The summed E-state index contributed by atoms with van der Waals surface area (Å²) in [6.45, 7) is 4.69. The van der Waals surface area contributed by atoms with Gasteiger partial charge in [0.25, 0.3) is 0 Å². The van der Waals surface area contributed by atoms with Crippen LogP contribution in [0.1, 0.15) is 25.0 Å². The molecule has 1 aliphatic heterocycles. The number of benzene rings is 6. The number of hydrogen-bond acceptors (Lipinski definition) is 2. The average molecular weight is 578 g/mol. The van der Waals surface area contributed by atoms with Gasteiger partial charge in [-0.15, -0.1) is 0 Å². The lowest BCUT2D eigenvalue weighted by Crippen LogP contribution is -2.26. The summed E-state index contributed by atoms with van der Waals surface area (Å²) in [6, 6.07) is 52.5. The largest absolute Gasteiger partial charge is 0.309 e. The van der Waals surface area contributed by atoms with Crippen LogP contribution in [0.2, 0.25) is 0 Å². The van der Waals surface area contributed by atoms with Crippen molar-refractivity contribution in [2.75, 3.05) is 4.90 Å². The molecule has 3 heteroatoms. The van der Waals surface area contributed by atoms with Crippen LogP contribution in [0.3, 0.4) is 0 Å². The number of rotatable bonds is 4. The Morgan fingerprint density at radius 1 is 0.556 bits per heavy atom. The molecule has 0 N–H and O–H groups in total. The summed E-state index contributed by atoms with van der Waals surface area (Å²) in [5, 5.41) is 4.80. The minimum atomic E-state index is -0.0945. The zero-order valence-electron chi connectivity index (χ0n) is 25.3. The summed E-state index contributed by atoms with van der Waals surface area (Å²) in [5.41, 5.74) is 10.9. The highest BCUT2D eigenvalue weighted by molar-refractivity contribution is 6.13. The molecule has 8 aromatic rings. The number of fused-ring (bicyclic) bond motifs is 6. The van der Waals surface area contributed by atoms with Gasteiger partial charge in [-0.2, -0.15) is 0 Å². The third-order valence-corrected chi connectivity index (χ3v) is 9.62. The molecule has 2 aromatic heterocycles. The summed E-state index contributed by atoms with van der Waals surface area (Å²) < 4.78 is 2.47. The van der Waals surface area contributed by atoms with Gasteiger partial charge in [-0.05, 0) is 70.1 Å². The van der Waals surface area contributed by atoms with Crippen LogP contribution in [0, 0.1) is 0 Å². The molecule has 1 aliphatic rings. The van der Waals surface area contributed by atoms with Crippen molar-refractivity contribution >= 4 is 49.8 Å². The molecule has 9 rings (SSSR count). The van der Waals surface area contributed by atoms with Gasteiger partial charge >= 0.3 is 0 Å². The van der Waals surface area contributed by atoms with E-state index >= 15 is 0 Å².